The molecule has 0 N–H and O–H groups in total. The first-order valence-electron chi connectivity index (χ1n) is 12.9. The number of rotatable bonds is 0. The Morgan fingerprint density at radius 2 is 1.26 bits per heavy atom. The van der Waals surface area contributed by atoms with Gasteiger partial charge in [-0.25, -0.2) is 4.98 Å². The number of aromatic nitrogens is 3. The van der Waals surface area contributed by atoms with Crippen LogP contribution in [0.2, 0.25) is 0 Å². The van der Waals surface area contributed by atoms with Crippen LogP contribution in [0.3, 0.4) is 0 Å². The highest BCUT2D eigenvalue weighted by molar-refractivity contribution is 5.86. The Labute approximate surface area is 206 Å². The molecule has 5 rings (SSSR count). The fourth-order valence-electron chi connectivity index (χ4n) is 6.53. The number of imidazole rings is 1. The predicted octanol–water partition coefficient (Wildman–Crippen LogP) is 8.02. The smallest absolute Gasteiger partial charge is 0.143 e. The average molecular weight is 458 g/mol. The highest BCUT2D eigenvalue weighted by Gasteiger charge is 2.57. The average Bonchev–Trinajstić information content (AvgIpc) is 3.13. The van der Waals surface area contributed by atoms with E-state index in [1.807, 2.05) is 0 Å². The Balaban J connectivity index is 1.87. The van der Waals surface area contributed by atoms with E-state index in [0.717, 1.165) is 17.0 Å². The molecule has 1 aromatic carbocycles. The maximum Gasteiger partial charge on any atom is 0.143 e. The number of benzene rings is 1. The molecule has 3 heteroatoms. The molecule has 0 fully saturated rings. The van der Waals surface area contributed by atoms with E-state index in [-0.39, 0.29) is 32.6 Å². The summed E-state index contributed by atoms with van der Waals surface area (Å²) in [5.74, 6) is 1.06. The van der Waals surface area contributed by atoms with Crippen LogP contribution in [0.5, 0.6) is 0 Å². The molecule has 2 aromatic heterocycles. The molecule has 3 nitrogen and oxygen atoms in total. The molecule has 2 aliphatic rings. The quantitative estimate of drug-likeness (QED) is 0.342. The lowest BCUT2D eigenvalue weighted by molar-refractivity contribution is 0.125. The molecule has 34 heavy (non-hydrogen) atoms. The van der Waals surface area contributed by atoms with Crippen LogP contribution in [0.4, 0.5) is 0 Å². The molecular weight excluding hydrogens is 414 g/mol. The second-order valence-electron chi connectivity index (χ2n) is 14.6. The SMILES string of the molecule is CC(C)(C)c1cc2c(cn1)-c1nc3cc4c(cc3n1C(C)(C)C2(C)C)C(C)(C)C(C)(C)C4(C)C. The normalized spacial score (nSPS) is 22.9. The fraction of sp³-hybridized carbons (Fsp3) is 0.613. The van der Waals surface area contributed by atoms with Crippen LogP contribution < -0.4 is 0 Å². The van der Waals surface area contributed by atoms with E-state index in [1.165, 1.54) is 27.8 Å². The minimum Gasteiger partial charge on any atom is -0.317 e. The van der Waals surface area contributed by atoms with E-state index < -0.39 is 0 Å². The molecule has 0 saturated carbocycles. The number of nitrogens with zero attached hydrogens (tertiary/aromatic N) is 3. The molecule has 3 aromatic rings. The van der Waals surface area contributed by atoms with E-state index in [0.29, 0.717) is 0 Å². The van der Waals surface area contributed by atoms with Crippen molar-refractivity contribution in [1.29, 1.82) is 0 Å². The Morgan fingerprint density at radius 3 is 1.82 bits per heavy atom. The lowest BCUT2D eigenvalue weighted by atomic mass is 9.59. The summed E-state index contributed by atoms with van der Waals surface area (Å²) in [6.07, 6.45) is 2.08. The zero-order chi connectivity index (χ0) is 25.4. The second-order valence-corrected chi connectivity index (χ2v) is 14.6. The van der Waals surface area contributed by atoms with Gasteiger partial charge in [-0.05, 0) is 65.0 Å². The first-order valence-corrected chi connectivity index (χ1v) is 12.9. The largest absolute Gasteiger partial charge is 0.317 e. The molecule has 0 spiro atoms. The van der Waals surface area contributed by atoms with Crippen LogP contribution in [0.1, 0.15) is 112 Å². The van der Waals surface area contributed by atoms with Crippen LogP contribution in [-0.2, 0) is 27.2 Å². The molecule has 1 aliphatic heterocycles. The van der Waals surface area contributed by atoms with Crippen molar-refractivity contribution >= 4 is 11.0 Å². The van der Waals surface area contributed by atoms with Gasteiger partial charge < -0.3 is 4.57 Å². The van der Waals surface area contributed by atoms with Crippen molar-refractivity contribution in [3.8, 4) is 11.4 Å². The lowest BCUT2D eigenvalue weighted by Crippen LogP contribution is -2.48. The summed E-state index contributed by atoms with van der Waals surface area (Å²) in [5.41, 5.74) is 9.00. The maximum absolute atomic E-state index is 5.31. The summed E-state index contributed by atoms with van der Waals surface area (Å²) in [5, 5.41) is 0. The van der Waals surface area contributed by atoms with Gasteiger partial charge in [0.25, 0.3) is 0 Å². The fourth-order valence-corrected chi connectivity index (χ4v) is 6.53. The molecule has 1 aliphatic carbocycles. The van der Waals surface area contributed by atoms with Gasteiger partial charge >= 0.3 is 0 Å². The summed E-state index contributed by atoms with van der Waals surface area (Å²) in [4.78, 5) is 10.2. The minimum absolute atomic E-state index is 0.0115. The van der Waals surface area contributed by atoms with E-state index in [4.69, 9.17) is 9.97 Å². The monoisotopic (exact) mass is 457 g/mol. The van der Waals surface area contributed by atoms with Crippen molar-refractivity contribution in [3.63, 3.8) is 0 Å². The molecule has 3 heterocycles. The molecule has 0 bridgehead atoms. The number of pyridine rings is 1. The van der Waals surface area contributed by atoms with E-state index in [9.17, 15) is 0 Å². The van der Waals surface area contributed by atoms with Gasteiger partial charge in [0.15, 0.2) is 0 Å². The van der Waals surface area contributed by atoms with Gasteiger partial charge in [-0.3, -0.25) is 4.98 Å². The molecule has 0 radical (unpaired) electrons. The summed E-state index contributed by atoms with van der Waals surface area (Å²) in [6.45, 7) is 30.8. The molecule has 0 unspecified atom stereocenters. The summed E-state index contributed by atoms with van der Waals surface area (Å²) < 4.78 is 2.51. The number of hydrogen-bond donors (Lipinski definition) is 0. The van der Waals surface area contributed by atoms with Crippen molar-refractivity contribution in [2.75, 3.05) is 0 Å². The zero-order valence-electron chi connectivity index (χ0n) is 23.7. The number of hydrogen-bond acceptors (Lipinski definition) is 2. The maximum atomic E-state index is 5.31. The van der Waals surface area contributed by atoms with Crippen molar-refractivity contribution in [3.05, 3.63) is 46.8 Å². The first kappa shape index (κ1) is 23.6. The van der Waals surface area contributed by atoms with E-state index >= 15 is 0 Å². The predicted molar refractivity (Wildman–Crippen MR) is 144 cm³/mol. The molecule has 0 atom stereocenters. The zero-order valence-corrected chi connectivity index (χ0v) is 23.7. The topological polar surface area (TPSA) is 30.7 Å². The number of fused-ring (bicyclic) bond motifs is 6. The minimum atomic E-state index is -0.150. The second kappa shape index (κ2) is 6.15. The Morgan fingerprint density at radius 1 is 0.706 bits per heavy atom. The highest BCUT2D eigenvalue weighted by Crippen LogP contribution is 2.62. The van der Waals surface area contributed by atoms with E-state index in [2.05, 4.69) is 119 Å². The van der Waals surface area contributed by atoms with Crippen LogP contribution in [0.25, 0.3) is 22.4 Å². The Hall–Kier alpha value is -2.16. The van der Waals surface area contributed by atoms with Gasteiger partial charge in [0, 0.05) is 28.3 Å². The first-order chi connectivity index (χ1) is 15.3. The summed E-state index contributed by atoms with van der Waals surface area (Å²) in [7, 11) is 0. The van der Waals surface area contributed by atoms with Gasteiger partial charge in [0.2, 0.25) is 0 Å². The molecule has 182 valence electrons. The van der Waals surface area contributed by atoms with Crippen molar-refractivity contribution in [2.24, 2.45) is 5.41 Å². The van der Waals surface area contributed by atoms with Crippen LogP contribution in [0.15, 0.2) is 24.4 Å². The van der Waals surface area contributed by atoms with Gasteiger partial charge in [-0.15, -0.1) is 0 Å². The summed E-state index contributed by atoms with van der Waals surface area (Å²) in [6, 6.07) is 7.21. The highest BCUT2D eigenvalue weighted by atomic mass is 15.2. The third-order valence-electron chi connectivity index (χ3n) is 10.9. The van der Waals surface area contributed by atoms with Crippen molar-refractivity contribution in [1.82, 2.24) is 14.5 Å². The molecule has 0 saturated heterocycles. The van der Waals surface area contributed by atoms with Crippen molar-refractivity contribution in [2.45, 2.75) is 117 Å². The van der Waals surface area contributed by atoms with E-state index in [1.54, 1.807) is 0 Å². The Kier molecular flexibility index (Phi) is 4.26. The van der Waals surface area contributed by atoms with Gasteiger partial charge in [-0.2, -0.15) is 0 Å². The van der Waals surface area contributed by atoms with Crippen LogP contribution >= 0.6 is 0 Å². The van der Waals surface area contributed by atoms with Gasteiger partial charge in [-0.1, -0.05) is 76.2 Å². The lowest BCUT2D eigenvalue weighted by Gasteiger charge is -2.48. The third kappa shape index (κ3) is 2.49. The van der Waals surface area contributed by atoms with Gasteiger partial charge in [0.1, 0.15) is 5.82 Å². The molecular formula is C31H43N3. The summed E-state index contributed by atoms with van der Waals surface area (Å²) >= 11 is 0. The van der Waals surface area contributed by atoms with Crippen LogP contribution in [-0.4, -0.2) is 14.5 Å². The standard InChI is InChI=1S/C31H43N3/c1-26(2,3)24-16-19-18(17-32-24)25-33-22-14-20-21(28(6,7)30(10,11)27(20,4)5)15-23(22)34(25)31(12,13)29(19,8)9/h14-17H,1-13H3. The third-order valence-corrected chi connectivity index (χ3v) is 10.9. The van der Waals surface area contributed by atoms with Gasteiger partial charge in [0.05, 0.1) is 16.6 Å². The van der Waals surface area contributed by atoms with Crippen molar-refractivity contribution < 1.29 is 0 Å². The van der Waals surface area contributed by atoms with Crippen LogP contribution in [0, 0.1) is 5.41 Å². The molecule has 0 amide bonds. The Bertz CT molecular complexity index is 1350.